The zero-order chi connectivity index (χ0) is 11.6. The molecule has 3 atom stereocenters. The van der Waals surface area contributed by atoms with Crippen molar-refractivity contribution in [3.8, 4) is 6.07 Å². The molecule has 0 aromatic rings. The van der Waals surface area contributed by atoms with E-state index in [0.29, 0.717) is 17.5 Å². The van der Waals surface area contributed by atoms with Crippen LogP contribution in [0.1, 0.15) is 39.5 Å². The molecular weight excluding hydrogens is 216 g/mol. The summed E-state index contributed by atoms with van der Waals surface area (Å²) in [5.41, 5.74) is 0.397. The Balaban J connectivity index is 1.95. The third-order valence-corrected chi connectivity index (χ3v) is 5.28. The SMILES string of the molecule is CC1(C)CCSCC1NC1CCCC1C#N. The van der Waals surface area contributed by atoms with Crippen LogP contribution in [0.4, 0.5) is 0 Å². The smallest absolute Gasteiger partial charge is 0.0672 e. The van der Waals surface area contributed by atoms with Crippen LogP contribution >= 0.6 is 11.8 Å². The predicted octanol–water partition coefficient (Wildman–Crippen LogP) is 2.80. The van der Waals surface area contributed by atoms with Gasteiger partial charge in [-0.2, -0.15) is 17.0 Å². The van der Waals surface area contributed by atoms with Gasteiger partial charge in [-0.15, -0.1) is 0 Å². The third-order valence-electron chi connectivity index (χ3n) is 4.22. The maximum absolute atomic E-state index is 9.10. The van der Waals surface area contributed by atoms with Crippen molar-refractivity contribution in [2.45, 2.75) is 51.6 Å². The number of nitrogens with one attached hydrogen (secondary N) is 1. The lowest BCUT2D eigenvalue weighted by molar-refractivity contribution is 0.221. The van der Waals surface area contributed by atoms with Gasteiger partial charge < -0.3 is 5.32 Å². The van der Waals surface area contributed by atoms with Crippen LogP contribution in [-0.2, 0) is 0 Å². The molecule has 2 aliphatic rings. The van der Waals surface area contributed by atoms with Gasteiger partial charge >= 0.3 is 0 Å². The minimum Gasteiger partial charge on any atom is -0.309 e. The molecule has 1 saturated carbocycles. The van der Waals surface area contributed by atoms with Crippen molar-refractivity contribution >= 4 is 11.8 Å². The van der Waals surface area contributed by atoms with Gasteiger partial charge in [0, 0.05) is 17.8 Å². The highest BCUT2D eigenvalue weighted by molar-refractivity contribution is 7.99. The second-order valence-corrected chi connectivity index (χ2v) is 6.96. The van der Waals surface area contributed by atoms with Crippen LogP contribution in [0.15, 0.2) is 0 Å². The van der Waals surface area contributed by atoms with Crippen LogP contribution in [0, 0.1) is 22.7 Å². The largest absolute Gasteiger partial charge is 0.309 e. The Bertz CT molecular complexity index is 282. The summed E-state index contributed by atoms with van der Waals surface area (Å²) in [5, 5.41) is 12.9. The number of rotatable bonds is 2. The van der Waals surface area contributed by atoms with Gasteiger partial charge in [-0.1, -0.05) is 20.3 Å². The van der Waals surface area contributed by atoms with E-state index in [4.69, 9.17) is 5.26 Å². The lowest BCUT2D eigenvalue weighted by Crippen LogP contribution is -2.51. The quantitative estimate of drug-likeness (QED) is 0.803. The Morgan fingerprint density at radius 1 is 1.38 bits per heavy atom. The molecule has 0 bridgehead atoms. The first kappa shape index (κ1) is 12.3. The van der Waals surface area contributed by atoms with Gasteiger partial charge in [-0.3, -0.25) is 0 Å². The molecule has 1 heterocycles. The van der Waals surface area contributed by atoms with E-state index in [-0.39, 0.29) is 5.92 Å². The van der Waals surface area contributed by atoms with Crippen LogP contribution < -0.4 is 5.32 Å². The normalized spacial score (nSPS) is 38.2. The van der Waals surface area contributed by atoms with Gasteiger partial charge in [-0.25, -0.2) is 0 Å². The lowest BCUT2D eigenvalue weighted by Gasteiger charge is -2.40. The Morgan fingerprint density at radius 3 is 2.88 bits per heavy atom. The molecule has 2 fully saturated rings. The summed E-state index contributed by atoms with van der Waals surface area (Å²) in [5.74, 6) is 2.75. The van der Waals surface area contributed by atoms with E-state index in [1.165, 1.54) is 30.8 Å². The van der Waals surface area contributed by atoms with Crippen LogP contribution in [-0.4, -0.2) is 23.6 Å². The Labute approximate surface area is 103 Å². The highest BCUT2D eigenvalue weighted by atomic mass is 32.2. The number of hydrogen-bond donors (Lipinski definition) is 1. The first-order valence-electron chi connectivity index (χ1n) is 6.37. The van der Waals surface area contributed by atoms with Crippen molar-refractivity contribution in [2.75, 3.05) is 11.5 Å². The van der Waals surface area contributed by atoms with Gasteiger partial charge in [0.1, 0.15) is 0 Å². The molecule has 90 valence electrons. The minimum absolute atomic E-state index is 0.253. The topological polar surface area (TPSA) is 35.8 Å². The third kappa shape index (κ3) is 2.55. The van der Waals surface area contributed by atoms with E-state index in [0.717, 1.165) is 6.42 Å². The standard InChI is InChI=1S/C13H22N2S/c1-13(2)6-7-16-9-12(13)15-11-5-3-4-10(11)8-14/h10-12,15H,3-7,9H2,1-2H3. The van der Waals surface area contributed by atoms with Crippen molar-refractivity contribution in [1.29, 1.82) is 5.26 Å². The summed E-state index contributed by atoms with van der Waals surface area (Å²) in [6.45, 7) is 4.72. The highest BCUT2D eigenvalue weighted by Gasteiger charge is 2.36. The Hall–Kier alpha value is -0.200. The molecular formula is C13H22N2S. The van der Waals surface area contributed by atoms with Crippen LogP contribution in [0.25, 0.3) is 0 Å². The van der Waals surface area contributed by atoms with E-state index in [1.54, 1.807) is 0 Å². The van der Waals surface area contributed by atoms with Crippen molar-refractivity contribution in [3.63, 3.8) is 0 Å². The fourth-order valence-corrected chi connectivity index (χ4v) is 4.40. The van der Waals surface area contributed by atoms with E-state index in [2.05, 4.69) is 37.0 Å². The van der Waals surface area contributed by atoms with Crippen LogP contribution in [0.2, 0.25) is 0 Å². The lowest BCUT2D eigenvalue weighted by atomic mass is 9.81. The van der Waals surface area contributed by atoms with Gasteiger partial charge in [0.25, 0.3) is 0 Å². The number of nitriles is 1. The Kier molecular flexibility index (Phi) is 3.81. The number of thioether (sulfide) groups is 1. The van der Waals surface area contributed by atoms with E-state index >= 15 is 0 Å². The van der Waals surface area contributed by atoms with Gasteiger partial charge in [0.2, 0.25) is 0 Å². The molecule has 0 spiro atoms. The zero-order valence-corrected chi connectivity index (χ0v) is 11.1. The predicted molar refractivity (Wildman–Crippen MR) is 69.4 cm³/mol. The highest BCUT2D eigenvalue weighted by Crippen LogP contribution is 2.36. The summed E-state index contributed by atoms with van der Waals surface area (Å²) in [7, 11) is 0. The molecule has 3 heteroatoms. The average Bonchev–Trinajstić information content (AvgIpc) is 2.68. The first-order valence-corrected chi connectivity index (χ1v) is 7.52. The minimum atomic E-state index is 0.253. The van der Waals surface area contributed by atoms with Gasteiger partial charge in [0.15, 0.2) is 0 Å². The molecule has 0 radical (unpaired) electrons. The number of hydrogen-bond acceptors (Lipinski definition) is 3. The maximum Gasteiger partial charge on any atom is 0.0672 e. The van der Waals surface area contributed by atoms with Gasteiger partial charge in [-0.05, 0) is 30.4 Å². The van der Waals surface area contributed by atoms with Crippen molar-refractivity contribution in [3.05, 3.63) is 0 Å². The second-order valence-electron chi connectivity index (χ2n) is 5.81. The fraction of sp³-hybridized carbons (Fsp3) is 0.923. The van der Waals surface area contributed by atoms with E-state index < -0.39 is 0 Å². The maximum atomic E-state index is 9.10. The van der Waals surface area contributed by atoms with Crippen LogP contribution in [0.3, 0.4) is 0 Å². The monoisotopic (exact) mass is 238 g/mol. The molecule has 2 nitrogen and oxygen atoms in total. The molecule has 3 unspecified atom stereocenters. The molecule has 16 heavy (non-hydrogen) atoms. The molecule has 1 aliphatic carbocycles. The summed E-state index contributed by atoms with van der Waals surface area (Å²) in [4.78, 5) is 0. The molecule has 1 saturated heterocycles. The summed E-state index contributed by atoms with van der Waals surface area (Å²) >= 11 is 2.05. The number of nitrogens with zero attached hydrogens (tertiary/aromatic N) is 1. The second kappa shape index (κ2) is 4.98. The van der Waals surface area contributed by atoms with E-state index in [1.807, 2.05) is 0 Å². The van der Waals surface area contributed by atoms with Gasteiger partial charge in [0.05, 0.1) is 12.0 Å². The zero-order valence-electron chi connectivity index (χ0n) is 10.3. The van der Waals surface area contributed by atoms with Crippen molar-refractivity contribution in [1.82, 2.24) is 5.32 Å². The molecule has 2 rings (SSSR count). The summed E-state index contributed by atoms with van der Waals surface area (Å²) < 4.78 is 0. The molecule has 1 N–H and O–H groups in total. The van der Waals surface area contributed by atoms with Crippen molar-refractivity contribution in [2.24, 2.45) is 11.3 Å². The molecule has 0 amide bonds. The summed E-state index contributed by atoms with van der Waals surface area (Å²) in [6, 6.07) is 3.50. The fourth-order valence-electron chi connectivity index (χ4n) is 2.78. The first-order chi connectivity index (χ1) is 7.63. The molecule has 1 aliphatic heterocycles. The molecule has 0 aromatic heterocycles. The van der Waals surface area contributed by atoms with E-state index in [9.17, 15) is 0 Å². The Morgan fingerprint density at radius 2 is 2.19 bits per heavy atom. The average molecular weight is 238 g/mol. The van der Waals surface area contributed by atoms with Crippen molar-refractivity contribution < 1.29 is 0 Å². The molecule has 0 aromatic carbocycles. The summed E-state index contributed by atoms with van der Waals surface area (Å²) in [6.07, 6.45) is 4.79. The van der Waals surface area contributed by atoms with Crippen LogP contribution in [0.5, 0.6) is 0 Å².